The van der Waals surface area contributed by atoms with Crippen molar-refractivity contribution in [1.29, 1.82) is 0 Å². The fraction of sp³-hybridized carbons (Fsp3) is 0.625. The molecular weight excluding hydrogens is 222 g/mol. The van der Waals surface area contributed by atoms with Crippen LogP contribution in [-0.2, 0) is 0 Å². The van der Waals surface area contributed by atoms with E-state index in [9.17, 15) is 5.11 Å². The van der Waals surface area contributed by atoms with E-state index in [0.717, 1.165) is 25.1 Å². The Labute approximate surface area is 112 Å². The number of aliphatic hydroxyl groups excluding tert-OH is 1. The lowest BCUT2D eigenvalue weighted by Gasteiger charge is -2.27. The lowest BCUT2D eigenvalue weighted by Crippen LogP contribution is -2.33. The molecule has 1 aromatic rings. The first-order chi connectivity index (χ1) is 8.56. The minimum Gasteiger partial charge on any atom is -0.388 e. The van der Waals surface area contributed by atoms with Crippen LogP contribution >= 0.6 is 0 Å². The van der Waals surface area contributed by atoms with Gasteiger partial charge in [0.25, 0.3) is 0 Å². The third kappa shape index (κ3) is 4.43. The number of benzene rings is 1. The van der Waals surface area contributed by atoms with Gasteiger partial charge in [-0.05, 0) is 51.3 Å². The van der Waals surface area contributed by atoms with E-state index in [1.165, 1.54) is 12.0 Å². The number of hydrogen-bond acceptors (Lipinski definition) is 2. The third-order valence-electron chi connectivity index (χ3n) is 3.48. The highest BCUT2D eigenvalue weighted by molar-refractivity contribution is 5.27. The highest BCUT2D eigenvalue weighted by Gasteiger charge is 2.13. The highest BCUT2D eigenvalue weighted by Crippen LogP contribution is 2.20. The van der Waals surface area contributed by atoms with Crippen LogP contribution in [0.4, 0.5) is 0 Å². The van der Waals surface area contributed by atoms with E-state index in [0.29, 0.717) is 6.04 Å². The Morgan fingerprint density at radius 1 is 1.17 bits per heavy atom. The maximum Gasteiger partial charge on any atom is 0.0804 e. The Bertz CT molecular complexity index is 349. The monoisotopic (exact) mass is 249 g/mol. The summed E-state index contributed by atoms with van der Waals surface area (Å²) in [6.45, 7) is 10.8. The van der Waals surface area contributed by atoms with E-state index in [2.05, 4.69) is 38.7 Å². The molecule has 2 nitrogen and oxygen atoms in total. The first-order valence-corrected chi connectivity index (χ1v) is 7.03. The van der Waals surface area contributed by atoms with Crippen LogP contribution in [0, 0.1) is 6.92 Å². The van der Waals surface area contributed by atoms with Crippen molar-refractivity contribution in [2.45, 2.75) is 52.7 Å². The predicted octanol–water partition coefficient (Wildman–Crippen LogP) is 3.54. The van der Waals surface area contributed by atoms with Gasteiger partial charge in [0, 0.05) is 12.6 Å². The van der Waals surface area contributed by atoms with Gasteiger partial charge in [-0.25, -0.2) is 0 Å². The molecule has 0 fully saturated rings. The van der Waals surface area contributed by atoms with E-state index in [1.54, 1.807) is 0 Å². The van der Waals surface area contributed by atoms with Gasteiger partial charge in [-0.15, -0.1) is 0 Å². The van der Waals surface area contributed by atoms with Crippen molar-refractivity contribution in [3.63, 3.8) is 0 Å². The van der Waals surface area contributed by atoms with Crippen molar-refractivity contribution in [1.82, 2.24) is 4.90 Å². The second kappa shape index (κ2) is 7.55. The molecule has 0 spiro atoms. The van der Waals surface area contributed by atoms with E-state index in [-0.39, 0.29) is 6.10 Å². The summed E-state index contributed by atoms with van der Waals surface area (Å²) in [6, 6.07) is 8.65. The molecule has 0 aliphatic rings. The molecule has 0 aliphatic carbocycles. The standard InChI is InChI=1S/C16H27NO/c1-5-11-17(13(2)3)12-10-16(18)15-9-7-6-8-14(15)4/h6-9,13,16,18H,5,10-12H2,1-4H3. The molecular formula is C16H27NO. The number of nitrogens with zero attached hydrogens (tertiary/aromatic N) is 1. The zero-order chi connectivity index (χ0) is 13.5. The van der Waals surface area contributed by atoms with Crippen molar-refractivity contribution < 1.29 is 5.11 Å². The maximum absolute atomic E-state index is 10.3. The van der Waals surface area contributed by atoms with E-state index in [4.69, 9.17) is 0 Å². The summed E-state index contributed by atoms with van der Waals surface area (Å²) in [5.74, 6) is 0. The van der Waals surface area contributed by atoms with Gasteiger partial charge in [-0.2, -0.15) is 0 Å². The molecule has 0 aliphatic heterocycles. The Balaban J connectivity index is 2.54. The van der Waals surface area contributed by atoms with E-state index < -0.39 is 0 Å². The van der Waals surface area contributed by atoms with Crippen LogP contribution < -0.4 is 0 Å². The topological polar surface area (TPSA) is 23.5 Å². The van der Waals surface area contributed by atoms with Gasteiger partial charge in [0.2, 0.25) is 0 Å². The molecule has 2 heteroatoms. The quantitative estimate of drug-likeness (QED) is 0.799. The molecule has 1 aromatic carbocycles. The summed E-state index contributed by atoms with van der Waals surface area (Å²) >= 11 is 0. The van der Waals surface area contributed by atoms with Gasteiger partial charge in [-0.1, -0.05) is 31.2 Å². The first-order valence-electron chi connectivity index (χ1n) is 7.03. The summed E-state index contributed by atoms with van der Waals surface area (Å²) in [5.41, 5.74) is 2.24. The number of rotatable bonds is 7. The van der Waals surface area contributed by atoms with Gasteiger partial charge < -0.3 is 10.0 Å². The van der Waals surface area contributed by atoms with Crippen LogP contribution in [0.3, 0.4) is 0 Å². The first kappa shape index (κ1) is 15.2. The lowest BCUT2D eigenvalue weighted by atomic mass is 10.0. The number of hydrogen-bond donors (Lipinski definition) is 1. The van der Waals surface area contributed by atoms with Crippen LogP contribution in [0.25, 0.3) is 0 Å². The largest absolute Gasteiger partial charge is 0.388 e. The fourth-order valence-electron chi connectivity index (χ4n) is 2.32. The van der Waals surface area contributed by atoms with Gasteiger partial charge in [0.15, 0.2) is 0 Å². The second-order valence-electron chi connectivity index (χ2n) is 5.29. The molecule has 0 heterocycles. The Hall–Kier alpha value is -0.860. The average Bonchev–Trinajstić information content (AvgIpc) is 2.34. The van der Waals surface area contributed by atoms with Gasteiger partial charge in [0.05, 0.1) is 6.10 Å². The zero-order valence-electron chi connectivity index (χ0n) is 12.2. The van der Waals surface area contributed by atoms with Crippen LogP contribution in [0.2, 0.25) is 0 Å². The zero-order valence-corrected chi connectivity index (χ0v) is 12.2. The van der Waals surface area contributed by atoms with Crippen molar-refractivity contribution in [3.05, 3.63) is 35.4 Å². The molecule has 0 radical (unpaired) electrons. The molecule has 1 rings (SSSR count). The molecule has 0 saturated heterocycles. The Morgan fingerprint density at radius 2 is 1.83 bits per heavy atom. The molecule has 0 amide bonds. The molecule has 1 N–H and O–H groups in total. The molecule has 18 heavy (non-hydrogen) atoms. The number of aryl methyl sites for hydroxylation is 1. The molecule has 1 unspecified atom stereocenters. The van der Waals surface area contributed by atoms with Crippen molar-refractivity contribution in [3.8, 4) is 0 Å². The normalized spacial score (nSPS) is 13.3. The Kier molecular flexibility index (Phi) is 6.37. The van der Waals surface area contributed by atoms with Gasteiger partial charge >= 0.3 is 0 Å². The van der Waals surface area contributed by atoms with E-state index >= 15 is 0 Å². The molecule has 0 bridgehead atoms. The summed E-state index contributed by atoms with van der Waals surface area (Å²) in [5, 5.41) is 10.3. The fourth-order valence-corrected chi connectivity index (χ4v) is 2.32. The van der Waals surface area contributed by atoms with Crippen molar-refractivity contribution in [2.24, 2.45) is 0 Å². The summed E-state index contributed by atoms with van der Waals surface area (Å²) < 4.78 is 0. The van der Waals surface area contributed by atoms with Crippen molar-refractivity contribution >= 4 is 0 Å². The lowest BCUT2D eigenvalue weighted by molar-refractivity contribution is 0.130. The van der Waals surface area contributed by atoms with Crippen molar-refractivity contribution in [2.75, 3.05) is 13.1 Å². The SMILES string of the molecule is CCCN(CCC(O)c1ccccc1C)C(C)C. The number of aliphatic hydroxyl groups is 1. The average molecular weight is 249 g/mol. The third-order valence-corrected chi connectivity index (χ3v) is 3.48. The summed E-state index contributed by atoms with van der Waals surface area (Å²) in [7, 11) is 0. The minimum absolute atomic E-state index is 0.343. The Morgan fingerprint density at radius 3 is 2.39 bits per heavy atom. The van der Waals surface area contributed by atoms with Gasteiger partial charge in [-0.3, -0.25) is 0 Å². The van der Waals surface area contributed by atoms with Gasteiger partial charge in [0.1, 0.15) is 0 Å². The minimum atomic E-state index is -0.343. The summed E-state index contributed by atoms with van der Waals surface area (Å²) in [6.07, 6.45) is 1.63. The second-order valence-corrected chi connectivity index (χ2v) is 5.29. The predicted molar refractivity (Wildman–Crippen MR) is 77.8 cm³/mol. The van der Waals surface area contributed by atoms with Crippen LogP contribution in [0.15, 0.2) is 24.3 Å². The molecule has 0 saturated carbocycles. The smallest absolute Gasteiger partial charge is 0.0804 e. The van der Waals surface area contributed by atoms with E-state index in [1.807, 2.05) is 18.2 Å². The molecule has 0 aromatic heterocycles. The van der Waals surface area contributed by atoms with Crippen LogP contribution in [-0.4, -0.2) is 29.1 Å². The molecule has 102 valence electrons. The maximum atomic E-state index is 10.3. The van der Waals surface area contributed by atoms with Crippen LogP contribution in [0.5, 0.6) is 0 Å². The molecule has 1 atom stereocenters. The summed E-state index contributed by atoms with van der Waals surface area (Å²) in [4.78, 5) is 2.43. The highest BCUT2D eigenvalue weighted by atomic mass is 16.3. The van der Waals surface area contributed by atoms with Crippen LogP contribution in [0.1, 0.15) is 50.8 Å².